The van der Waals surface area contributed by atoms with Gasteiger partial charge in [0, 0.05) is 25.6 Å². The number of aliphatic hydroxyl groups is 3. The van der Waals surface area contributed by atoms with Gasteiger partial charge in [-0.1, -0.05) is 0 Å². The minimum atomic E-state index is -2.78. The van der Waals surface area contributed by atoms with Crippen LogP contribution in [0.3, 0.4) is 0 Å². The SMILES string of the molecule is CN(C)C(=O)c1c(F)cc2c(c1O)C(O)=C1C(=O)[C@]3(O)C(O)=C(C(N)=O)C(=O)[C@@H](N(C)C)[C@@H]3C[C@@H]1C2. The molecule has 36 heavy (non-hydrogen) atoms. The number of amides is 2. The summed E-state index contributed by atoms with van der Waals surface area (Å²) in [5.41, 5.74) is 0.262. The zero-order chi connectivity index (χ0) is 27.0. The lowest BCUT2D eigenvalue weighted by molar-refractivity contribution is -0.153. The number of ketones is 2. The van der Waals surface area contributed by atoms with Gasteiger partial charge < -0.3 is 31.1 Å². The van der Waals surface area contributed by atoms with Gasteiger partial charge in [0.2, 0.25) is 5.78 Å². The van der Waals surface area contributed by atoms with E-state index in [4.69, 9.17) is 5.73 Å². The molecule has 0 unspecified atom stereocenters. The smallest absolute Gasteiger partial charge is 0.260 e. The number of aromatic hydroxyl groups is 1. The van der Waals surface area contributed by atoms with Crippen molar-refractivity contribution in [1.82, 2.24) is 9.80 Å². The van der Waals surface area contributed by atoms with Crippen LogP contribution in [0.25, 0.3) is 5.76 Å². The van der Waals surface area contributed by atoms with E-state index in [1.807, 2.05) is 0 Å². The molecule has 3 aliphatic carbocycles. The maximum atomic E-state index is 14.8. The fraction of sp³-hybridized carbons (Fsp3) is 0.417. The molecule has 0 aliphatic heterocycles. The van der Waals surface area contributed by atoms with Crippen LogP contribution in [-0.4, -0.2) is 93.4 Å². The quantitative estimate of drug-likeness (QED) is 0.349. The van der Waals surface area contributed by atoms with Crippen molar-refractivity contribution in [2.75, 3.05) is 28.2 Å². The van der Waals surface area contributed by atoms with Gasteiger partial charge in [-0.05, 0) is 44.5 Å². The largest absolute Gasteiger partial charge is 0.508 e. The van der Waals surface area contributed by atoms with Gasteiger partial charge in [-0.15, -0.1) is 0 Å². The highest BCUT2D eigenvalue weighted by Gasteiger charge is 2.64. The molecule has 1 aromatic carbocycles. The number of aliphatic hydroxyl groups excluding tert-OH is 2. The normalized spacial score (nSPS) is 27.6. The first-order valence-electron chi connectivity index (χ1n) is 11.1. The number of Topliss-reactive ketones (excluding diaryl/α,β-unsaturated/α-hetero) is 2. The van der Waals surface area contributed by atoms with E-state index in [1.54, 1.807) is 0 Å². The van der Waals surface area contributed by atoms with E-state index in [0.29, 0.717) is 0 Å². The average molecular weight is 503 g/mol. The Kier molecular flexibility index (Phi) is 5.72. The molecular weight excluding hydrogens is 477 g/mol. The number of hydrogen-bond donors (Lipinski definition) is 5. The predicted molar refractivity (Wildman–Crippen MR) is 122 cm³/mol. The van der Waals surface area contributed by atoms with E-state index in [9.17, 15) is 44.0 Å². The summed E-state index contributed by atoms with van der Waals surface area (Å²) in [4.78, 5) is 53.6. The van der Waals surface area contributed by atoms with Gasteiger partial charge in [-0.25, -0.2) is 4.39 Å². The zero-order valence-electron chi connectivity index (χ0n) is 20.0. The molecule has 1 saturated carbocycles. The minimum Gasteiger partial charge on any atom is -0.508 e. The third kappa shape index (κ3) is 3.17. The first kappa shape index (κ1) is 25.3. The van der Waals surface area contributed by atoms with Crippen molar-refractivity contribution in [3.05, 3.63) is 45.5 Å². The van der Waals surface area contributed by atoms with Crippen molar-refractivity contribution in [1.29, 1.82) is 0 Å². The minimum absolute atomic E-state index is 0.0740. The molecule has 1 fully saturated rings. The Morgan fingerprint density at radius 3 is 2.28 bits per heavy atom. The Morgan fingerprint density at radius 2 is 1.75 bits per heavy atom. The second-order valence-corrected chi connectivity index (χ2v) is 9.78. The summed E-state index contributed by atoms with van der Waals surface area (Å²) < 4.78 is 14.8. The van der Waals surface area contributed by atoms with E-state index >= 15 is 0 Å². The molecule has 6 N–H and O–H groups in total. The highest BCUT2D eigenvalue weighted by Crippen LogP contribution is 2.53. The molecule has 12 heteroatoms. The number of benzene rings is 1. The molecule has 1 aromatic rings. The number of carbonyl (C=O) groups excluding carboxylic acids is 4. The van der Waals surface area contributed by atoms with Crippen molar-refractivity contribution in [3.8, 4) is 5.75 Å². The summed E-state index contributed by atoms with van der Waals surface area (Å²) in [7, 11) is 5.66. The van der Waals surface area contributed by atoms with Gasteiger partial charge in [-0.3, -0.25) is 24.1 Å². The third-order valence-electron chi connectivity index (χ3n) is 7.28. The molecule has 2 amide bonds. The van der Waals surface area contributed by atoms with Crippen LogP contribution in [0.5, 0.6) is 5.75 Å². The van der Waals surface area contributed by atoms with Crippen molar-refractivity contribution >= 4 is 29.1 Å². The molecule has 0 saturated heterocycles. The molecule has 0 spiro atoms. The zero-order valence-corrected chi connectivity index (χ0v) is 20.0. The molecule has 0 heterocycles. The van der Waals surface area contributed by atoms with Crippen molar-refractivity contribution in [2.24, 2.45) is 17.6 Å². The topological polar surface area (TPSA) is 182 Å². The molecule has 0 radical (unpaired) electrons. The molecule has 4 rings (SSSR count). The summed E-state index contributed by atoms with van der Waals surface area (Å²) in [6.45, 7) is 0. The monoisotopic (exact) mass is 503 g/mol. The number of phenols is 1. The molecule has 0 aromatic heterocycles. The van der Waals surface area contributed by atoms with Crippen molar-refractivity contribution in [3.63, 3.8) is 0 Å². The summed E-state index contributed by atoms with van der Waals surface area (Å²) in [5.74, 6) is -10.2. The fourth-order valence-electron chi connectivity index (χ4n) is 5.69. The number of primary amides is 1. The number of rotatable bonds is 3. The number of phenolic OH excluding ortho intramolecular Hbond substituents is 1. The molecule has 11 nitrogen and oxygen atoms in total. The Balaban J connectivity index is 1.98. The second kappa shape index (κ2) is 8.14. The van der Waals surface area contributed by atoms with Crippen molar-refractivity contribution < 1.29 is 44.0 Å². The van der Waals surface area contributed by atoms with Gasteiger partial charge in [0.25, 0.3) is 11.8 Å². The Labute approximate surface area is 204 Å². The number of hydrogen-bond acceptors (Lipinski definition) is 9. The number of likely N-dealkylation sites (N-methyl/N-ethyl adjacent to an activating group) is 1. The average Bonchev–Trinajstić information content (AvgIpc) is 2.75. The van der Waals surface area contributed by atoms with Crippen LogP contribution in [0.1, 0.15) is 27.9 Å². The summed E-state index contributed by atoms with van der Waals surface area (Å²) in [6, 6.07) is -0.227. The first-order valence-corrected chi connectivity index (χ1v) is 11.1. The van der Waals surface area contributed by atoms with Gasteiger partial charge in [0.1, 0.15) is 34.2 Å². The van der Waals surface area contributed by atoms with Gasteiger partial charge in [0.05, 0.1) is 11.6 Å². The van der Waals surface area contributed by atoms with E-state index in [1.165, 1.54) is 33.1 Å². The van der Waals surface area contributed by atoms with Crippen LogP contribution in [0.4, 0.5) is 4.39 Å². The maximum Gasteiger partial charge on any atom is 0.260 e. The Hall–Kier alpha value is -3.77. The number of nitrogens with zero attached hydrogens (tertiary/aromatic N) is 2. The van der Waals surface area contributed by atoms with Crippen LogP contribution >= 0.6 is 0 Å². The van der Waals surface area contributed by atoms with Crippen molar-refractivity contribution in [2.45, 2.75) is 24.5 Å². The van der Waals surface area contributed by atoms with E-state index in [-0.39, 0.29) is 29.5 Å². The summed E-state index contributed by atoms with van der Waals surface area (Å²) >= 11 is 0. The van der Waals surface area contributed by atoms with Crippen LogP contribution in [0.2, 0.25) is 0 Å². The molecular formula is C24H26FN3O8. The van der Waals surface area contributed by atoms with E-state index in [0.717, 1.165) is 11.0 Å². The highest BCUT2D eigenvalue weighted by atomic mass is 19.1. The van der Waals surface area contributed by atoms with E-state index in [2.05, 4.69) is 0 Å². The van der Waals surface area contributed by atoms with Crippen LogP contribution in [0.15, 0.2) is 23.0 Å². The second-order valence-electron chi connectivity index (χ2n) is 9.78. The number of fused-ring (bicyclic) bond motifs is 3. The number of halogens is 1. The predicted octanol–water partition coefficient (Wildman–Crippen LogP) is -0.195. The lowest BCUT2D eigenvalue weighted by atomic mass is 9.57. The highest BCUT2D eigenvalue weighted by molar-refractivity contribution is 6.24. The number of nitrogens with two attached hydrogens (primary N) is 1. The van der Waals surface area contributed by atoms with Crippen LogP contribution in [0, 0.1) is 17.7 Å². The standard InChI is InChI=1S/C24H26FN3O8/c1-27(2)16-10-6-8-5-9-7-11(25)14(23(35)28(3)4)18(30)12(9)17(29)13(8)20(32)24(10,36)21(33)15(19(16)31)22(26)34/h7-8,10,16,29-30,33,36H,5-6H2,1-4H3,(H2,26,34)/t8-,10-,16-,24-/m0/s1. The molecule has 3 aliphatic rings. The molecule has 4 atom stereocenters. The van der Waals surface area contributed by atoms with Gasteiger partial charge in [-0.2, -0.15) is 0 Å². The lowest BCUT2D eigenvalue weighted by Gasteiger charge is -2.50. The Morgan fingerprint density at radius 1 is 1.14 bits per heavy atom. The van der Waals surface area contributed by atoms with Crippen LogP contribution in [-0.2, 0) is 20.8 Å². The third-order valence-corrected chi connectivity index (χ3v) is 7.28. The molecule has 0 bridgehead atoms. The first-order chi connectivity index (χ1) is 16.7. The maximum absolute atomic E-state index is 14.8. The van der Waals surface area contributed by atoms with Crippen LogP contribution < -0.4 is 5.73 Å². The summed E-state index contributed by atoms with van der Waals surface area (Å²) in [5, 5.41) is 44.2. The molecule has 192 valence electrons. The van der Waals surface area contributed by atoms with Gasteiger partial charge in [0.15, 0.2) is 11.4 Å². The van der Waals surface area contributed by atoms with Gasteiger partial charge >= 0.3 is 0 Å². The Bertz CT molecular complexity index is 1310. The lowest BCUT2D eigenvalue weighted by Crippen LogP contribution is -2.65. The number of carbonyl (C=O) groups is 4. The summed E-state index contributed by atoms with van der Waals surface area (Å²) in [6.07, 6.45) is -0.192. The fourth-order valence-corrected chi connectivity index (χ4v) is 5.69. The van der Waals surface area contributed by atoms with E-state index < -0.39 is 81.1 Å².